The average molecular weight is 262 g/mol. The van der Waals surface area contributed by atoms with Crippen molar-refractivity contribution in [1.82, 2.24) is 10.2 Å². The zero-order valence-electron chi connectivity index (χ0n) is 11.6. The summed E-state index contributed by atoms with van der Waals surface area (Å²) in [5.74, 6) is 2.38. The summed E-state index contributed by atoms with van der Waals surface area (Å²) in [6.45, 7) is 6.89. The van der Waals surface area contributed by atoms with E-state index in [2.05, 4.69) is 17.1 Å². The first-order chi connectivity index (χ1) is 9.19. The molecule has 2 saturated heterocycles. The summed E-state index contributed by atoms with van der Waals surface area (Å²) < 4.78 is 5.19. The maximum Gasteiger partial charge on any atom is 0.160 e. The first kappa shape index (κ1) is 12.8. The summed E-state index contributed by atoms with van der Waals surface area (Å²) in [5.41, 5.74) is 1.21. The van der Waals surface area contributed by atoms with Crippen LogP contribution in [0, 0.1) is 11.8 Å². The fourth-order valence-corrected chi connectivity index (χ4v) is 3.37. The molecule has 0 saturated carbocycles. The predicted octanol–water partition coefficient (Wildman–Crippen LogP) is 1.61. The van der Waals surface area contributed by atoms with E-state index in [1.165, 1.54) is 18.7 Å². The first-order valence-corrected chi connectivity index (χ1v) is 7.00. The van der Waals surface area contributed by atoms with Crippen LogP contribution in [0.2, 0.25) is 0 Å². The molecule has 2 aliphatic rings. The van der Waals surface area contributed by atoms with Gasteiger partial charge in [0.2, 0.25) is 0 Å². The van der Waals surface area contributed by atoms with Gasteiger partial charge in [-0.05, 0) is 49.5 Å². The van der Waals surface area contributed by atoms with E-state index in [0.717, 1.165) is 24.9 Å². The molecule has 0 spiro atoms. The molecule has 19 heavy (non-hydrogen) atoms. The Balaban J connectivity index is 1.75. The molecular weight excluding hydrogens is 240 g/mol. The number of phenols is 1. The Morgan fingerprint density at radius 3 is 2.63 bits per heavy atom. The summed E-state index contributed by atoms with van der Waals surface area (Å²) in [5, 5.41) is 13.1. The third-order valence-electron chi connectivity index (χ3n) is 4.65. The Bertz CT molecular complexity index is 451. The van der Waals surface area contributed by atoms with Gasteiger partial charge in [0.15, 0.2) is 11.5 Å². The van der Waals surface area contributed by atoms with Gasteiger partial charge in [-0.1, -0.05) is 6.07 Å². The number of benzene rings is 1. The van der Waals surface area contributed by atoms with Gasteiger partial charge in [0, 0.05) is 19.1 Å². The monoisotopic (exact) mass is 262 g/mol. The van der Waals surface area contributed by atoms with E-state index in [1.807, 2.05) is 12.1 Å². The third-order valence-corrected chi connectivity index (χ3v) is 4.65. The van der Waals surface area contributed by atoms with Crippen LogP contribution in [0.3, 0.4) is 0 Å². The Morgan fingerprint density at radius 2 is 2.00 bits per heavy atom. The average Bonchev–Trinajstić information content (AvgIpc) is 2.99. The van der Waals surface area contributed by atoms with Gasteiger partial charge in [-0.25, -0.2) is 0 Å². The SMILES string of the molecule is COc1cc(C(C)N2CC3CNCC3C2)ccc1O. The van der Waals surface area contributed by atoms with Crippen LogP contribution in [0.1, 0.15) is 18.5 Å². The van der Waals surface area contributed by atoms with Crippen LogP contribution in [0.5, 0.6) is 11.5 Å². The van der Waals surface area contributed by atoms with Crippen molar-refractivity contribution in [3.63, 3.8) is 0 Å². The minimum absolute atomic E-state index is 0.209. The van der Waals surface area contributed by atoms with Gasteiger partial charge in [-0.2, -0.15) is 0 Å². The summed E-state index contributed by atoms with van der Waals surface area (Å²) in [6.07, 6.45) is 0. The summed E-state index contributed by atoms with van der Waals surface area (Å²) in [4.78, 5) is 2.54. The van der Waals surface area contributed by atoms with Crippen molar-refractivity contribution in [3.05, 3.63) is 23.8 Å². The lowest BCUT2D eigenvalue weighted by molar-refractivity contribution is 0.243. The van der Waals surface area contributed by atoms with Crippen molar-refractivity contribution in [2.75, 3.05) is 33.3 Å². The van der Waals surface area contributed by atoms with Crippen molar-refractivity contribution >= 4 is 0 Å². The van der Waals surface area contributed by atoms with Crippen LogP contribution in [0.4, 0.5) is 0 Å². The highest BCUT2D eigenvalue weighted by Gasteiger charge is 2.37. The molecule has 0 radical (unpaired) electrons. The Kier molecular flexibility index (Phi) is 3.37. The molecule has 104 valence electrons. The van der Waals surface area contributed by atoms with Crippen LogP contribution in [-0.2, 0) is 0 Å². The van der Waals surface area contributed by atoms with E-state index in [1.54, 1.807) is 13.2 Å². The Morgan fingerprint density at radius 1 is 1.32 bits per heavy atom. The molecule has 0 bridgehead atoms. The number of ether oxygens (including phenoxy) is 1. The number of phenolic OH excluding ortho intramolecular Hbond substituents is 1. The van der Waals surface area contributed by atoms with Crippen LogP contribution in [0.15, 0.2) is 18.2 Å². The number of hydrogen-bond acceptors (Lipinski definition) is 4. The summed E-state index contributed by atoms with van der Waals surface area (Å²) in [7, 11) is 1.59. The molecule has 3 rings (SSSR count). The minimum Gasteiger partial charge on any atom is -0.504 e. The molecule has 1 aromatic carbocycles. The quantitative estimate of drug-likeness (QED) is 0.869. The molecule has 3 atom stereocenters. The fourth-order valence-electron chi connectivity index (χ4n) is 3.37. The summed E-state index contributed by atoms with van der Waals surface area (Å²) >= 11 is 0. The van der Waals surface area contributed by atoms with E-state index in [-0.39, 0.29) is 5.75 Å². The number of aromatic hydroxyl groups is 1. The minimum atomic E-state index is 0.209. The number of hydrogen-bond donors (Lipinski definition) is 2. The van der Waals surface area contributed by atoms with Gasteiger partial charge in [0.1, 0.15) is 0 Å². The zero-order chi connectivity index (χ0) is 13.4. The molecule has 0 amide bonds. The molecule has 2 N–H and O–H groups in total. The van der Waals surface area contributed by atoms with Gasteiger partial charge >= 0.3 is 0 Å². The van der Waals surface area contributed by atoms with Crippen LogP contribution in [0.25, 0.3) is 0 Å². The number of rotatable bonds is 3. The van der Waals surface area contributed by atoms with Crippen LogP contribution < -0.4 is 10.1 Å². The maximum absolute atomic E-state index is 9.67. The van der Waals surface area contributed by atoms with E-state index in [4.69, 9.17) is 4.74 Å². The Labute approximate surface area is 114 Å². The van der Waals surface area contributed by atoms with Crippen molar-refractivity contribution in [2.24, 2.45) is 11.8 Å². The van der Waals surface area contributed by atoms with Gasteiger partial charge in [0.25, 0.3) is 0 Å². The second kappa shape index (κ2) is 5.02. The van der Waals surface area contributed by atoms with E-state index in [0.29, 0.717) is 11.8 Å². The lowest BCUT2D eigenvalue weighted by Gasteiger charge is -2.26. The molecule has 0 aromatic heterocycles. The molecule has 2 heterocycles. The number of nitrogens with zero attached hydrogens (tertiary/aromatic N) is 1. The standard InChI is InChI=1S/C15H22N2O2/c1-10(11-3-4-14(18)15(5-11)19-2)17-8-12-6-16-7-13(12)9-17/h3-5,10,12-13,16,18H,6-9H2,1-2H3. The van der Waals surface area contributed by atoms with Crippen LogP contribution >= 0.6 is 0 Å². The fraction of sp³-hybridized carbons (Fsp3) is 0.600. The van der Waals surface area contributed by atoms with Crippen LogP contribution in [-0.4, -0.2) is 43.3 Å². The third kappa shape index (κ3) is 2.30. The molecule has 4 nitrogen and oxygen atoms in total. The second-order valence-electron chi connectivity index (χ2n) is 5.74. The van der Waals surface area contributed by atoms with Gasteiger partial charge in [0.05, 0.1) is 7.11 Å². The largest absolute Gasteiger partial charge is 0.504 e. The molecule has 2 aliphatic heterocycles. The van der Waals surface area contributed by atoms with E-state index in [9.17, 15) is 5.11 Å². The molecule has 1 aromatic rings. The predicted molar refractivity (Wildman–Crippen MR) is 74.5 cm³/mol. The molecule has 4 heteroatoms. The molecular formula is C15H22N2O2. The highest BCUT2D eigenvalue weighted by atomic mass is 16.5. The van der Waals surface area contributed by atoms with Crippen molar-refractivity contribution in [1.29, 1.82) is 0 Å². The van der Waals surface area contributed by atoms with E-state index >= 15 is 0 Å². The van der Waals surface area contributed by atoms with Crippen molar-refractivity contribution < 1.29 is 9.84 Å². The number of likely N-dealkylation sites (tertiary alicyclic amines) is 1. The number of nitrogens with one attached hydrogen (secondary N) is 1. The van der Waals surface area contributed by atoms with Gasteiger partial charge in [-0.15, -0.1) is 0 Å². The van der Waals surface area contributed by atoms with Crippen molar-refractivity contribution in [2.45, 2.75) is 13.0 Å². The highest BCUT2D eigenvalue weighted by Crippen LogP contribution is 2.35. The number of methoxy groups -OCH3 is 1. The molecule has 0 aliphatic carbocycles. The first-order valence-electron chi connectivity index (χ1n) is 7.00. The summed E-state index contributed by atoms with van der Waals surface area (Å²) in [6, 6.07) is 6.05. The van der Waals surface area contributed by atoms with Gasteiger partial charge < -0.3 is 15.2 Å². The smallest absolute Gasteiger partial charge is 0.160 e. The zero-order valence-corrected chi connectivity index (χ0v) is 11.6. The normalized spacial score (nSPS) is 28.3. The second-order valence-corrected chi connectivity index (χ2v) is 5.74. The van der Waals surface area contributed by atoms with E-state index < -0.39 is 0 Å². The van der Waals surface area contributed by atoms with Gasteiger partial charge in [-0.3, -0.25) is 4.90 Å². The molecule has 2 fully saturated rings. The lowest BCUT2D eigenvalue weighted by atomic mass is 10.0. The Hall–Kier alpha value is -1.26. The van der Waals surface area contributed by atoms with Crippen molar-refractivity contribution in [3.8, 4) is 11.5 Å². The highest BCUT2D eigenvalue weighted by molar-refractivity contribution is 5.42. The molecule has 3 unspecified atom stereocenters. The maximum atomic E-state index is 9.67. The number of fused-ring (bicyclic) bond motifs is 1. The lowest BCUT2D eigenvalue weighted by Crippen LogP contribution is -2.28. The topological polar surface area (TPSA) is 44.7 Å².